The molecule has 0 aliphatic rings. The number of carboxylic acids is 1. The van der Waals surface area contributed by atoms with Crippen molar-refractivity contribution in [2.45, 2.75) is 26.2 Å². The molecule has 1 aromatic rings. The molecule has 0 bridgehead atoms. The number of nitrogens with two attached hydrogens (primary N) is 1. The largest absolute Gasteiger partial charge is 0.506 e. The first-order chi connectivity index (χ1) is 10.1. The van der Waals surface area contributed by atoms with Crippen molar-refractivity contribution in [3.05, 3.63) is 29.3 Å². The topological polar surface area (TPSA) is 140 Å². The van der Waals surface area contributed by atoms with Crippen LogP contribution in [-0.4, -0.2) is 38.8 Å². The van der Waals surface area contributed by atoms with Gasteiger partial charge in [0.05, 0.1) is 6.21 Å². The van der Waals surface area contributed by atoms with Crippen LogP contribution in [0.25, 0.3) is 0 Å². The number of para-hydroxylation sites is 1. The van der Waals surface area contributed by atoms with Crippen molar-refractivity contribution in [3.8, 4) is 5.75 Å². The van der Waals surface area contributed by atoms with Crippen LogP contribution in [0.15, 0.2) is 28.4 Å². The number of hydrogen-bond acceptors (Lipinski definition) is 5. The summed E-state index contributed by atoms with van der Waals surface area (Å²) in [7, 11) is 0. The molecule has 0 saturated carbocycles. The maximum atomic E-state index is 10.9. The van der Waals surface area contributed by atoms with Crippen molar-refractivity contribution in [2.24, 2.45) is 15.9 Å². The summed E-state index contributed by atoms with van der Waals surface area (Å²) >= 11 is 1.42. The molecule has 1 rings (SSSR count). The maximum absolute atomic E-state index is 10.9. The van der Waals surface area contributed by atoms with Gasteiger partial charge in [0.25, 0.3) is 0 Å². The van der Waals surface area contributed by atoms with E-state index < -0.39 is 5.97 Å². The molecular formula is C14H21N3O4S. The van der Waals surface area contributed by atoms with Crippen molar-refractivity contribution in [1.82, 2.24) is 0 Å². The van der Waals surface area contributed by atoms with Gasteiger partial charge in [0.15, 0.2) is 5.17 Å². The number of carboxylic acid groups (broad SMARTS) is 1. The highest BCUT2D eigenvalue weighted by atomic mass is 32.2. The summed E-state index contributed by atoms with van der Waals surface area (Å²) < 4.78 is 0. The Balaban J connectivity index is 0.00000441. The zero-order valence-corrected chi connectivity index (χ0v) is 13.1. The minimum absolute atomic E-state index is 0. The number of unbranched alkanes of at least 4 members (excludes halogenated alkanes) is 2. The molecule has 0 amide bonds. The Morgan fingerprint density at radius 2 is 2.14 bits per heavy atom. The summed E-state index contributed by atoms with van der Waals surface area (Å²) in [6.07, 6.45) is 4.65. The van der Waals surface area contributed by atoms with Crippen molar-refractivity contribution in [2.75, 3.05) is 5.75 Å². The fourth-order valence-corrected chi connectivity index (χ4v) is 2.21. The smallest absolute Gasteiger partial charge is 0.339 e. The molecule has 0 saturated heterocycles. The van der Waals surface area contributed by atoms with Crippen LogP contribution in [0.3, 0.4) is 0 Å². The fourth-order valence-electron chi connectivity index (χ4n) is 1.54. The number of amidine groups is 1. The number of aromatic carboxylic acids is 1. The monoisotopic (exact) mass is 327 g/mol. The van der Waals surface area contributed by atoms with Gasteiger partial charge in [-0.1, -0.05) is 37.6 Å². The molecule has 0 aromatic heterocycles. The van der Waals surface area contributed by atoms with E-state index in [9.17, 15) is 9.90 Å². The van der Waals surface area contributed by atoms with Gasteiger partial charge in [0.1, 0.15) is 11.3 Å². The zero-order valence-electron chi connectivity index (χ0n) is 12.3. The number of rotatable bonds is 7. The number of phenols is 1. The molecule has 0 fully saturated rings. The van der Waals surface area contributed by atoms with E-state index in [-0.39, 0.29) is 22.4 Å². The van der Waals surface area contributed by atoms with Crippen molar-refractivity contribution in [1.29, 1.82) is 0 Å². The van der Waals surface area contributed by atoms with E-state index in [1.807, 2.05) is 0 Å². The molecule has 0 aliphatic carbocycles. The quantitative estimate of drug-likeness (QED) is 0.303. The first kappa shape index (κ1) is 19.9. The van der Waals surface area contributed by atoms with Gasteiger partial charge in [-0.3, -0.25) is 0 Å². The van der Waals surface area contributed by atoms with Crippen molar-refractivity contribution >= 4 is 29.1 Å². The molecule has 0 unspecified atom stereocenters. The van der Waals surface area contributed by atoms with Gasteiger partial charge < -0.3 is 21.4 Å². The SMILES string of the molecule is CCCCCS/C(N)=N/N=C/c1cccc(C(=O)O)c1O.O. The fraction of sp³-hybridized carbons (Fsp3) is 0.357. The lowest BCUT2D eigenvalue weighted by Gasteiger charge is -2.01. The molecule has 0 aliphatic heterocycles. The number of benzene rings is 1. The normalized spacial score (nSPS) is 11.4. The second-order valence-corrected chi connectivity index (χ2v) is 5.40. The summed E-state index contributed by atoms with van der Waals surface area (Å²) in [6.45, 7) is 2.13. The molecule has 1 aromatic carbocycles. The predicted molar refractivity (Wildman–Crippen MR) is 89.9 cm³/mol. The highest BCUT2D eigenvalue weighted by Crippen LogP contribution is 2.20. The molecule has 0 spiro atoms. The molecule has 0 radical (unpaired) electrons. The molecule has 0 heterocycles. The van der Waals surface area contributed by atoms with E-state index in [1.165, 1.54) is 30.1 Å². The average Bonchev–Trinajstić information content (AvgIpc) is 2.45. The molecule has 22 heavy (non-hydrogen) atoms. The summed E-state index contributed by atoms with van der Waals surface area (Å²) in [6, 6.07) is 4.39. The van der Waals surface area contributed by atoms with E-state index in [0.29, 0.717) is 5.17 Å². The first-order valence-corrected chi connectivity index (χ1v) is 7.59. The average molecular weight is 327 g/mol. The summed E-state index contributed by atoms with van der Waals surface area (Å²) in [4.78, 5) is 10.9. The third-order valence-corrected chi connectivity index (χ3v) is 3.52. The van der Waals surface area contributed by atoms with Gasteiger partial charge in [-0.25, -0.2) is 4.79 Å². The lowest BCUT2D eigenvalue weighted by molar-refractivity contribution is 0.0693. The van der Waals surface area contributed by atoms with Crippen LogP contribution in [0.2, 0.25) is 0 Å². The number of thioether (sulfide) groups is 1. The highest BCUT2D eigenvalue weighted by Gasteiger charge is 2.11. The molecule has 7 nitrogen and oxygen atoms in total. The third-order valence-electron chi connectivity index (χ3n) is 2.65. The van der Waals surface area contributed by atoms with Crippen LogP contribution in [0.1, 0.15) is 42.1 Å². The van der Waals surface area contributed by atoms with Gasteiger partial charge in [0.2, 0.25) is 0 Å². The zero-order chi connectivity index (χ0) is 15.7. The van der Waals surface area contributed by atoms with E-state index in [1.54, 1.807) is 6.07 Å². The molecule has 8 heteroatoms. The van der Waals surface area contributed by atoms with Crippen LogP contribution >= 0.6 is 11.8 Å². The lowest BCUT2D eigenvalue weighted by Crippen LogP contribution is -2.06. The molecular weight excluding hydrogens is 306 g/mol. The lowest BCUT2D eigenvalue weighted by atomic mass is 10.1. The molecule has 122 valence electrons. The van der Waals surface area contributed by atoms with Crippen molar-refractivity contribution < 1.29 is 20.5 Å². The Kier molecular flexibility index (Phi) is 9.64. The van der Waals surface area contributed by atoms with Gasteiger partial charge in [-0.05, 0) is 18.6 Å². The Morgan fingerprint density at radius 3 is 2.77 bits per heavy atom. The number of hydrogen-bond donors (Lipinski definition) is 3. The summed E-state index contributed by atoms with van der Waals surface area (Å²) in [5.41, 5.74) is 5.78. The van der Waals surface area contributed by atoms with Gasteiger partial charge in [0, 0.05) is 11.3 Å². The molecule has 0 atom stereocenters. The van der Waals surface area contributed by atoms with E-state index in [2.05, 4.69) is 17.1 Å². The number of aromatic hydroxyl groups is 1. The van der Waals surface area contributed by atoms with Crippen molar-refractivity contribution in [3.63, 3.8) is 0 Å². The highest BCUT2D eigenvalue weighted by molar-refractivity contribution is 8.13. The van der Waals surface area contributed by atoms with Gasteiger partial charge >= 0.3 is 5.97 Å². The second-order valence-electron chi connectivity index (χ2n) is 4.29. The maximum Gasteiger partial charge on any atom is 0.339 e. The Labute approximate surface area is 133 Å². The summed E-state index contributed by atoms with van der Waals surface area (Å²) in [5, 5.41) is 26.6. The Hall–Kier alpha value is -2.06. The molecule has 6 N–H and O–H groups in total. The summed E-state index contributed by atoms with van der Waals surface area (Å²) in [5.74, 6) is -0.645. The van der Waals surface area contributed by atoms with Crippen LogP contribution in [0.5, 0.6) is 5.75 Å². The number of carbonyl (C=O) groups is 1. The minimum Gasteiger partial charge on any atom is -0.506 e. The van der Waals surface area contributed by atoms with E-state index in [4.69, 9.17) is 10.8 Å². The van der Waals surface area contributed by atoms with Crippen LogP contribution in [0, 0.1) is 0 Å². The Bertz CT molecular complexity index is 547. The first-order valence-electron chi connectivity index (χ1n) is 6.60. The third kappa shape index (κ3) is 6.59. The second kappa shape index (κ2) is 10.6. The van der Waals surface area contributed by atoms with Crippen LogP contribution in [-0.2, 0) is 0 Å². The number of nitrogens with zero attached hydrogens (tertiary/aromatic N) is 2. The standard InChI is InChI=1S/C14H19N3O3S.H2O/c1-2-3-4-8-21-14(15)17-16-9-10-6-5-7-11(12(10)18)13(19)20;/h5-7,9,18H,2-4,8H2,1H3,(H2,15,17)(H,19,20);1H2/b16-9+;. The van der Waals surface area contributed by atoms with E-state index in [0.717, 1.165) is 25.0 Å². The Morgan fingerprint density at radius 1 is 1.41 bits per heavy atom. The van der Waals surface area contributed by atoms with Crippen LogP contribution < -0.4 is 5.73 Å². The van der Waals surface area contributed by atoms with Gasteiger partial charge in [-0.2, -0.15) is 5.10 Å². The van der Waals surface area contributed by atoms with E-state index >= 15 is 0 Å². The van der Waals surface area contributed by atoms with Crippen LogP contribution in [0.4, 0.5) is 0 Å². The van der Waals surface area contributed by atoms with Gasteiger partial charge in [-0.15, -0.1) is 5.10 Å². The minimum atomic E-state index is -1.20. The predicted octanol–water partition coefficient (Wildman–Crippen LogP) is 1.84.